The molecule has 0 N–H and O–H groups in total. The molecule has 0 saturated heterocycles. The Morgan fingerprint density at radius 1 is 0.328 bits per heavy atom. The van der Waals surface area contributed by atoms with E-state index in [1.165, 1.54) is 57.8 Å². The molecule has 1 unspecified atom stereocenters. The number of carbonyl (C=O) groups excluding carboxylic acids is 3. The zero-order chi connectivity index (χ0) is 48.6. The van der Waals surface area contributed by atoms with Crippen molar-refractivity contribution in [1.29, 1.82) is 0 Å². The normalized spacial score (nSPS) is 13.2. The second-order valence-electron chi connectivity index (χ2n) is 17.2. The maximum absolute atomic E-state index is 12.8. The minimum atomic E-state index is -0.826. The van der Waals surface area contributed by atoms with E-state index < -0.39 is 6.10 Å². The molecule has 0 aromatic carbocycles. The SMILES string of the molecule is CC/C=C\C/C=C\CCCCCCCCCC(=O)OCC(COC(=O)CCCCCCC\C=C/C=C\C=C/C=C\C=C/CCC)OC(=O)CCC/C=C\C/C=C\C/C=C\C/C=C\CCCCC. The molecule has 0 aliphatic carbocycles. The van der Waals surface area contributed by atoms with Crippen molar-refractivity contribution in [3.63, 3.8) is 0 Å². The highest BCUT2D eigenvalue weighted by atomic mass is 16.6. The summed E-state index contributed by atoms with van der Waals surface area (Å²) >= 11 is 0. The summed E-state index contributed by atoms with van der Waals surface area (Å²) in [6, 6.07) is 0. The highest BCUT2D eigenvalue weighted by Gasteiger charge is 2.19. The van der Waals surface area contributed by atoms with Crippen molar-refractivity contribution in [2.24, 2.45) is 0 Å². The molecule has 0 amide bonds. The van der Waals surface area contributed by atoms with E-state index in [0.717, 1.165) is 109 Å². The number of ether oxygens (including phenoxy) is 3. The number of allylic oxidation sites excluding steroid dienone is 22. The van der Waals surface area contributed by atoms with Crippen molar-refractivity contribution in [2.75, 3.05) is 13.2 Å². The lowest BCUT2D eigenvalue weighted by molar-refractivity contribution is -0.167. The third-order valence-corrected chi connectivity index (χ3v) is 10.7. The van der Waals surface area contributed by atoms with Crippen LogP contribution in [0.2, 0.25) is 0 Å². The average Bonchev–Trinajstić information content (AvgIpc) is 3.33. The molecule has 0 aromatic heterocycles. The topological polar surface area (TPSA) is 78.9 Å². The fourth-order valence-corrected chi connectivity index (χ4v) is 6.74. The number of rotatable bonds is 46. The minimum Gasteiger partial charge on any atom is -0.462 e. The maximum atomic E-state index is 12.8. The van der Waals surface area contributed by atoms with Gasteiger partial charge in [-0.15, -0.1) is 0 Å². The van der Waals surface area contributed by atoms with Crippen molar-refractivity contribution < 1.29 is 28.6 Å². The predicted octanol–water partition coefficient (Wildman–Crippen LogP) is 17.9. The Bertz CT molecular complexity index is 1480. The van der Waals surface area contributed by atoms with Gasteiger partial charge < -0.3 is 14.2 Å². The number of esters is 3. The van der Waals surface area contributed by atoms with Crippen LogP contribution < -0.4 is 0 Å². The van der Waals surface area contributed by atoms with Gasteiger partial charge in [-0.3, -0.25) is 14.4 Å². The van der Waals surface area contributed by atoms with Crippen LogP contribution in [0.4, 0.5) is 0 Å². The molecule has 0 aromatic rings. The van der Waals surface area contributed by atoms with E-state index in [4.69, 9.17) is 14.2 Å². The van der Waals surface area contributed by atoms with Gasteiger partial charge in [-0.1, -0.05) is 225 Å². The maximum Gasteiger partial charge on any atom is 0.306 e. The fraction of sp³-hybridized carbons (Fsp3) is 0.590. The lowest BCUT2D eigenvalue weighted by Gasteiger charge is -2.18. The largest absolute Gasteiger partial charge is 0.462 e. The highest BCUT2D eigenvalue weighted by Crippen LogP contribution is 2.13. The van der Waals surface area contributed by atoms with Crippen molar-refractivity contribution in [3.8, 4) is 0 Å². The Balaban J connectivity index is 4.57. The molecule has 0 heterocycles. The van der Waals surface area contributed by atoms with Gasteiger partial charge in [0.15, 0.2) is 6.10 Å². The van der Waals surface area contributed by atoms with Gasteiger partial charge in [0.1, 0.15) is 13.2 Å². The van der Waals surface area contributed by atoms with E-state index in [0.29, 0.717) is 19.3 Å². The van der Waals surface area contributed by atoms with Crippen LogP contribution in [-0.2, 0) is 28.6 Å². The van der Waals surface area contributed by atoms with Gasteiger partial charge in [-0.2, -0.15) is 0 Å². The number of carbonyl (C=O) groups is 3. The van der Waals surface area contributed by atoms with Gasteiger partial charge in [-0.25, -0.2) is 0 Å². The van der Waals surface area contributed by atoms with Crippen molar-refractivity contribution in [2.45, 2.75) is 219 Å². The lowest BCUT2D eigenvalue weighted by atomic mass is 10.1. The summed E-state index contributed by atoms with van der Waals surface area (Å²) in [5.74, 6) is -1.02. The summed E-state index contributed by atoms with van der Waals surface area (Å²) < 4.78 is 16.7. The highest BCUT2D eigenvalue weighted by molar-refractivity contribution is 5.71. The van der Waals surface area contributed by atoms with Gasteiger partial charge >= 0.3 is 17.9 Å². The number of unbranched alkanes of at least 4 members (excludes halogenated alkanes) is 17. The number of hydrogen-bond acceptors (Lipinski definition) is 6. The van der Waals surface area contributed by atoms with Crippen LogP contribution in [0.15, 0.2) is 134 Å². The number of hydrogen-bond donors (Lipinski definition) is 0. The summed E-state index contributed by atoms with van der Waals surface area (Å²) in [6.45, 7) is 6.32. The first-order valence-electron chi connectivity index (χ1n) is 26.8. The van der Waals surface area contributed by atoms with Gasteiger partial charge in [0, 0.05) is 19.3 Å². The molecule has 0 radical (unpaired) electrons. The van der Waals surface area contributed by atoms with Crippen molar-refractivity contribution in [3.05, 3.63) is 134 Å². The Morgan fingerprint density at radius 2 is 0.687 bits per heavy atom. The fourth-order valence-electron chi connectivity index (χ4n) is 6.74. The van der Waals surface area contributed by atoms with E-state index >= 15 is 0 Å². The molecule has 0 fully saturated rings. The summed E-state index contributed by atoms with van der Waals surface area (Å²) in [7, 11) is 0. The second-order valence-corrected chi connectivity index (χ2v) is 17.2. The van der Waals surface area contributed by atoms with Gasteiger partial charge in [0.2, 0.25) is 0 Å². The zero-order valence-electron chi connectivity index (χ0n) is 42.9. The van der Waals surface area contributed by atoms with Crippen LogP contribution in [0.25, 0.3) is 0 Å². The van der Waals surface area contributed by atoms with E-state index in [2.05, 4.69) is 118 Å². The molecular formula is C61H96O6. The van der Waals surface area contributed by atoms with E-state index in [1.54, 1.807) is 0 Å². The van der Waals surface area contributed by atoms with Gasteiger partial charge in [0.05, 0.1) is 0 Å². The summed E-state index contributed by atoms with van der Waals surface area (Å²) in [5.41, 5.74) is 0. The van der Waals surface area contributed by atoms with Gasteiger partial charge in [0.25, 0.3) is 0 Å². The molecule has 0 aliphatic heterocycles. The smallest absolute Gasteiger partial charge is 0.306 e. The molecule has 376 valence electrons. The first-order valence-corrected chi connectivity index (χ1v) is 26.8. The Hall–Kier alpha value is -4.45. The third-order valence-electron chi connectivity index (χ3n) is 10.7. The quantitative estimate of drug-likeness (QED) is 0.0199. The van der Waals surface area contributed by atoms with Crippen LogP contribution >= 0.6 is 0 Å². The predicted molar refractivity (Wildman–Crippen MR) is 288 cm³/mol. The third kappa shape index (κ3) is 52.4. The summed E-state index contributed by atoms with van der Waals surface area (Å²) in [5, 5.41) is 0. The zero-order valence-corrected chi connectivity index (χ0v) is 42.9. The van der Waals surface area contributed by atoms with E-state index in [9.17, 15) is 14.4 Å². The lowest BCUT2D eigenvalue weighted by Crippen LogP contribution is -2.30. The molecule has 0 bridgehead atoms. The van der Waals surface area contributed by atoms with Gasteiger partial charge in [-0.05, 0) is 103 Å². The Morgan fingerprint density at radius 3 is 1.15 bits per heavy atom. The Kier molecular flexibility index (Phi) is 50.6. The minimum absolute atomic E-state index is 0.117. The molecule has 6 nitrogen and oxygen atoms in total. The monoisotopic (exact) mass is 925 g/mol. The summed E-state index contributed by atoms with van der Waals surface area (Å²) in [4.78, 5) is 38.0. The molecule has 6 heteroatoms. The molecule has 0 rings (SSSR count). The van der Waals surface area contributed by atoms with Crippen molar-refractivity contribution >= 4 is 17.9 Å². The molecule has 0 saturated carbocycles. The van der Waals surface area contributed by atoms with Crippen molar-refractivity contribution in [1.82, 2.24) is 0 Å². The molecule has 0 aliphatic rings. The molecule has 0 spiro atoms. The van der Waals surface area contributed by atoms with Crippen LogP contribution in [0, 0.1) is 0 Å². The van der Waals surface area contributed by atoms with E-state index in [1.807, 2.05) is 36.5 Å². The molecular weight excluding hydrogens is 829 g/mol. The Labute approximate surface area is 411 Å². The molecule has 1 atom stereocenters. The molecule has 67 heavy (non-hydrogen) atoms. The first-order chi connectivity index (χ1) is 33.0. The standard InChI is InChI=1S/C61H96O6/c1-4-7-10-13-16-19-22-25-28-30-32-33-36-39-42-45-48-51-54-60(63)66-57-58(56-65-59(62)53-50-47-44-41-38-35-27-24-21-18-15-12-9-6-3)67-61(64)55-52-49-46-43-40-37-34-31-29-26-23-20-17-14-11-8-5-2/h9-10,12-13,16-22,25-26,28-30,32-34,37,43,46,58H,4-8,11,14-15,23-24,27,31,35-36,38-42,44-45,47-57H2,1-3H3/b12-9-,13-10-,19-16-,20-17-,21-18-,25-22-,29-26-,30-28-,33-32-,37-34-,46-43-. The van der Waals surface area contributed by atoms with Crippen LogP contribution in [0.5, 0.6) is 0 Å². The first kappa shape index (κ1) is 62.5. The summed E-state index contributed by atoms with van der Waals surface area (Å²) in [6.07, 6.45) is 75.7. The average molecular weight is 925 g/mol. The van der Waals surface area contributed by atoms with Crippen LogP contribution in [0.1, 0.15) is 213 Å². The second kappa shape index (κ2) is 54.2. The van der Waals surface area contributed by atoms with Crippen LogP contribution in [0.3, 0.4) is 0 Å². The van der Waals surface area contributed by atoms with E-state index in [-0.39, 0.29) is 37.5 Å². The van der Waals surface area contributed by atoms with Crippen LogP contribution in [-0.4, -0.2) is 37.2 Å².